The van der Waals surface area contributed by atoms with Crippen LogP contribution < -0.4 is 5.32 Å². The Balaban J connectivity index is 1.31. The summed E-state index contributed by atoms with van der Waals surface area (Å²) in [5.74, 6) is 3.14. The molecular weight excluding hydrogens is 430 g/mol. The summed E-state index contributed by atoms with van der Waals surface area (Å²) in [6.45, 7) is 4.77. The molecule has 33 heavy (non-hydrogen) atoms. The Morgan fingerprint density at radius 3 is 2.67 bits per heavy atom. The Hall–Kier alpha value is -2.67. The second kappa shape index (κ2) is 9.67. The van der Waals surface area contributed by atoms with Gasteiger partial charge in [-0.05, 0) is 68.6 Å². The fourth-order valence-electron chi connectivity index (χ4n) is 5.56. The van der Waals surface area contributed by atoms with Gasteiger partial charge in [-0.3, -0.25) is 14.3 Å². The number of benzene rings is 1. The van der Waals surface area contributed by atoms with Crippen molar-refractivity contribution < 1.29 is 4.79 Å². The van der Waals surface area contributed by atoms with Crippen LogP contribution in [0.15, 0.2) is 60.0 Å². The molecule has 2 fully saturated rings. The smallest absolute Gasteiger partial charge is 0.233 e. The average Bonchev–Trinajstić information content (AvgIpc) is 3.57. The fourth-order valence-corrected chi connectivity index (χ4v) is 6.42. The van der Waals surface area contributed by atoms with E-state index < -0.39 is 0 Å². The maximum Gasteiger partial charge on any atom is 0.233 e. The van der Waals surface area contributed by atoms with Crippen molar-refractivity contribution in [2.24, 2.45) is 17.8 Å². The predicted molar refractivity (Wildman–Crippen MR) is 131 cm³/mol. The molecule has 2 aliphatic rings. The van der Waals surface area contributed by atoms with Crippen LogP contribution in [0.1, 0.15) is 45.1 Å². The number of hydrogen-bond acceptors (Lipinski definition) is 5. The van der Waals surface area contributed by atoms with E-state index >= 15 is 0 Å². The van der Waals surface area contributed by atoms with E-state index in [9.17, 15) is 4.79 Å². The molecule has 5 unspecified atom stereocenters. The van der Waals surface area contributed by atoms with Gasteiger partial charge in [-0.25, -0.2) is 0 Å². The Morgan fingerprint density at radius 1 is 1.12 bits per heavy atom. The number of nitrogens with one attached hydrogen (secondary N) is 1. The first-order chi connectivity index (χ1) is 16.1. The van der Waals surface area contributed by atoms with Gasteiger partial charge >= 0.3 is 0 Å². The fraction of sp³-hybridized carbons (Fsp3) is 0.462. The molecule has 2 bridgehead atoms. The van der Waals surface area contributed by atoms with Gasteiger partial charge in [0.15, 0.2) is 11.0 Å². The standard InChI is InChI=1S/C26H31N5OS/c1-17(23-14-20-10-11-21(23)13-20)28-25(32)18(2)33-26-30-29-24(22-9-6-12-27-15-22)31(26)16-19-7-4-3-5-8-19/h3-9,12,15,17-18,20-21,23H,10-11,13-14,16H2,1-2H3,(H,28,32). The summed E-state index contributed by atoms with van der Waals surface area (Å²) < 4.78 is 2.08. The summed E-state index contributed by atoms with van der Waals surface area (Å²) in [7, 11) is 0. The number of nitrogens with zero attached hydrogens (tertiary/aromatic N) is 4. The van der Waals surface area contributed by atoms with E-state index in [1.165, 1.54) is 37.4 Å². The number of pyridine rings is 1. The molecule has 1 amide bonds. The van der Waals surface area contributed by atoms with Gasteiger partial charge in [0, 0.05) is 24.0 Å². The largest absolute Gasteiger partial charge is 0.352 e. The number of hydrogen-bond donors (Lipinski definition) is 1. The van der Waals surface area contributed by atoms with Gasteiger partial charge in [0.25, 0.3) is 0 Å². The highest BCUT2D eigenvalue weighted by atomic mass is 32.2. The molecule has 2 heterocycles. The first-order valence-electron chi connectivity index (χ1n) is 11.9. The van der Waals surface area contributed by atoms with E-state index in [1.807, 2.05) is 37.3 Å². The van der Waals surface area contributed by atoms with Crippen molar-refractivity contribution in [3.8, 4) is 11.4 Å². The topological polar surface area (TPSA) is 72.7 Å². The van der Waals surface area contributed by atoms with E-state index in [4.69, 9.17) is 0 Å². The minimum atomic E-state index is -0.258. The molecule has 0 aliphatic heterocycles. The molecule has 3 aromatic rings. The summed E-state index contributed by atoms with van der Waals surface area (Å²) in [4.78, 5) is 17.3. The zero-order chi connectivity index (χ0) is 22.8. The molecule has 2 aliphatic carbocycles. The van der Waals surface area contributed by atoms with Gasteiger partial charge in [0.2, 0.25) is 5.91 Å². The zero-order valence-corrected chi connectivity index (χ0v) is 20.0. The van der Waals surface area contributed by atoms with Crippen molar-refractivity contribution in [3.05, 3.63) is 60.4 Å². The molecule has 6 nitrogen and oxygen atoms in total. The number of fused-ring (bicyclic) bond motifs is 2. The summed E-state index contributed by atoms with van der Waals surface area (Å²) in [5, 5.41) is 12.7. The lowest BCUT2D eigenvalue weighted by atomic mass is 9.84. The number of aromatic nitrogens is 4. The molecule has 0 saturated heterocycles. The average molecular weight is 462 g/mol. The third kappa shape index (κ3) is 4.83. The first kappa shape index (κ1) is 22.1. The van der Waals surface area contributed by atoms with Crippen LogP contribution in [-0.2, 0) is 11.3 Å². The van der Waals surface area contributed by atoms with Gasteiger partial charge in [-0.2, -0.15) is 0 Å². The Bertz CT molecular complexity index is 1090. The Kier molecular flexibility index (Phi) is 6.49. The number of amides is 1. The minimum Gasteiger partial charge on any atom is -0.352 e. The number of rotatable bonds is 8. The summed E-state index contributed by atoms with van der Waals surface area (Å²) >= 11 is 1.47. The Morgan fingerprint density at radius 2 is 1.97 bits per heavy atom. The van der Waals surface area contributed by atoms with Crippen LogP contribution in [0.3, 0.4) is 0 Å². The lowest BCUT2D eigenvalue weighted by Crippen LogP contribution is -2.43. The molecule has 0 spiro atoms. The molecular formula is C26H31N5OS. The van der Waals surface area contributed by atoms with Crippen LogP contribution in [-0.4, -0.2) is 36.9 Å². The lowest BCUT2D eigenvalue weighted by Gasteiger charge is -2.29. The quantitative estimate of drug-likeness (QED) is 0.488. The van der Waals surface area contributed by atoms with Crippen LogP contribution in [0.4, 0.5) is 0 Å². The van der Waals surface area contributed by atoms with Crippen LogP contribution in [0.5, 0.6) is 0 Å². The van der Waals surface area contributed by atoms with Crippen molar-refractivity contribution in [1.82, 2.24) is 25.1 Å². The molecule has 0 radical (unpaired) electrons. The van der Waals surface area contributed by atoms with Gasteiger partial charge < -0.3 is 5.32 Å². The summed E-state index contributed by atoms with van der Waals surface area (Å²) in [6, 6.07) is 14.4. The van der Waals surface area contributed by atoms with E-state index in [0.717, 1.165) is 33.9 Å². The van der Waals surface area contributed by atoms with Crippen molar-refractivity contribution in [1.29, 1.82) is 0 Å². The summed E-state index contributed by atoms with van der Waals surface area (Å²) in [5.41, 5.74) is 2.07. The molecule has 7 heteroatoms. The monoisotopic (exact) mass is 461 g/mol. The lowest BCUT2D eigenvalue weighted by molar-refractivity contribution is -0.121. The van der Waals surface area contributed by atoms with E-state index in [0.29, 0.717) is 12.5 Å². The third-order valence-electron chi connectivity index (χ3n) is 7.28. The van der Waals surface area contributed by atoms with Crippen molar-refractivity contribution in [3.63, 3.8) is 0 Å². The highest BCUT2D eigenvalue weighted by Crippen LogP contribution is 2.49. The predicted octanol–water partition coefficient (Wildman–Crippen LogP) is 4.81. The van der Waals surface area contributed by atoms with Crippen molar-refractivity contribution >= 4 is 17.7 Å². The van der Waals surface area contributed by atoms with Crippen molar-refractivity contribution in [2.75, 3.05) is 0 Å². The van der Waals surface area contributed by atoms with Gasteiger partial charge in [0.05, 0.1) is 11.8 Å². The number of carbonyl (C=O) groups is 1. The maximum absolute atomic E-state index is 13.1. The van der Waals surface area contributed by atoms with Gasteiger partial charge in [-0.15, -0.1) is 10.2 Å². The van der Waals surface area contributed by atoms with Gasteiger partial charge in [0.1, 0.15) is 0 Å². The van der Waals surface area contributed by atoms with Crippen LogP contribution >= 0.6 is 11.8 Å². The highest BCUT2D eigenvalue weighted by molar-refractivity contribution is 8.00. The molecule has 2 saturated carbocycles. The highest BCUT2D eigenvalue weighted by Gasteiger charge is 2.42. The second-order valence-electron chi connectivity index (χ2n) is 9.52. The van der Waals surface area contributed by atoms with Crippen LogP contribution in [0.2, 0.25) is 0 Å². The van der Waals surface area contributed by atoms with Gasteiger partial charge in [-0.1, -0.05) is 48.5 Å². The van der Waals surface area contributed by atoms with E-state index in [2.05, 4.69) is 44.1 Å². The molecule has 172 valence electrons. The minimum absolute atomic E-state index is 0.0764. The SMILES string of the molecule is CC(Sc1nnc(-c2cccnc2)n1Cc1ccccc1)C(=O)NC(C)C1CC2CCC1C2. The van der Waals surface area contributed by atoms with Crippen LogP contribution in [0.25, 0.3) is 11.4 Å². The normalized spacial score (nSPS) is 23.4. The Labute approximate surface area is 199 Å². The molecule has 1 N–H and O–H groups in total. The summed E-state index contributed by atoms with van der Waals surface area (Å²) in [6.07, 6.45) is 8.89. The van der Waals surface area contributed by atoms with Crippen molar-refractivity contribution in [2.45, 2.75) is 62.5 Å². The number of carbonyl (C=O) groups excluding carboxylic acids is 1. The van der Waals surface area contributed by atoms with E-state index in [1.54, 1.807) is 12.4 Å². The maximum atomic E-state index is 13.1. The third-order valence-corrected chi connectivity index (χ3v) is 8.36. The van der Waals surface area contributed by atoms with E-state index in [-0.39, 0.29) is 17.2 Å². The van der Waals surface area contributed by atoms with Crippen LogP contribution in [0, 0.1) is 17.8 Å². The molecule has 5 rings (SSSR count). The molecule has 5 atom stereocenters. The second-order valence-corrected chi connectivity index (χ2v) is 10.8. The first-order valence-corrected chi connectivity index (χ1v) is 12.8. The molecule has 1 aromatic carbocycles. The molecule has 2 aromatic heterocycles. The zero-order valence-electron chi connectivity index (χ0n) is 19.2. The number of thioether (sulfide) groups is 1.